The van der Waals surface area contributed by atoms with Gasteiger partial charge in [0.05, 0.1) is 25.3 Å². The predicted molar refractivity (Wildman–Crippen MR) is 109 cm³/mol. The Morgan fingerprint density at radius 2 is 1.83 bits per heavy atom. The molecule has 2 aliphatic rings. The number of esters is 1. The van der Waals surface area contributed by atoms with Crippen molar-refractivity contribution < 1.29 is 33.3 Å². The minimum atomic E-state index is -0.905. The number of hydrogen-bond donors (Lipinski definition) is 0. The Hall–Kier alpha value is -2.93. The van der Waals surface area contributed by atoms with Crippen LogP contribution in [0, 0.1) is 0 Å². The molecule has 7 heteroatoms. The zero-order chi connectivity index (χ0) is 21.8. The number of rotatable bonds is 7. The van der Waals surface area contributed by atoms with Gasteiger partial charge in [-0.1, -0.05) is 11.6 Å². The number of benzene rings is 1. The SMILES string of the molecule is COc1ccc(OC)c2c1C(=O)C=C([C@@H](CC=C(C)C)OC(=O)C1CCCO1)C2=O. The first-order valence-corrected chi connectivity index (χ1v) is 9.88. The van der Waals surface area contributed by atoms with Crippen molar-refractivity contribution in [2.45, 2.75) is 45.3 Å². The minimum Gasteiger partial charge on any atom is -0.496 e. The van der Waals surface area contributed by atoms with Gasteiger partial charge in [-0.2, -0.15) is 0 Å². The van der Waals surface area contributed by atoms with E-state index in [1.54, 1.807) is 12.1 Å². The maximum absolute atomic E-state index is 13.4. The normalized spacial score (nSPS) is 18.9. The topological polar surface area (TPSA) is 88.1 Å². The van der Waals surface area contributed by atoms with Gasteiger partial charge in [0.2, 0.25) is 0 Å². The van der Waals surface area contributed by atoms with E-state index < -0.39 is 29.7 Å². The molecule has 1 aliphatic heterocycles. The maximum Gasteiger partial charge on any atom is 0.335 e. The Labute approximate surface area is 175 Å². The fourth-order valence-corrected chi connectivity index (χ4v) is 3.60. The number of fused-ring (bicyclic) bond motifs is 1. The summed E-state index contributed by atoms with van der Waals surface area (Å²) in [6.07, 6.45) is 3.18. The lowest BCUT2D eigenvalue weighted by atomic mass is 9.85. The lowest BCUT2D eigenvalue weighted by molar-refractivity contribution is -0.157. The molecule has 0 saturated carbocycles. The van der Waals surface area contributed by atoms with Crippen molar-refractivity contribution >= 4 is 17.5 Å². The fraction of sp³-hybridized carbons (Fsp3) is 0.435. The van der Waals surface area contributed by atoms with Crippen LogP contribution < -0.4 is 9.47 Å². The average Bonchev–Trinajstić information content (AvgIpc) is 3.27. The second-order valence-corrected chi connectivity index (χ2v) is 7.46. The van der Waals surface area contributed by atoms with Crippen LogP contribution in [0.2, 0.25) is 0 Å². The summed E-state index contributed by atoms with van der Waals surface area (Å²) in [5.74, 6) is -0.791. The molecule has 1 aliphatic carbocycles. The smallest absolute Gasteiger partial charge is 0.335 e. The van der Waals surface area contributed by atoms with Gasteiger partial charge in [0, 0.05) is 18.6 Å². The molecular formula is C23H26O7. The van der Waals surface area contributed by atoms with Crippen molar-refractivity contribution in [3.8, 4) is 11.5 Å². The second kappa shape index (κ2) is 9.26. The number of allylic oxidation sites excluding steroid dienone is 2. The molecule has 1 unspecified atom stereocenters. The van der Waals surface area contributed by atoms with Gasteiger partial charge >= 0.3 is 5.97 Å². The van der Waals surface area contributed by atoms with Crippen molar-refractivity contribution in [1.82, 2.24) is 0 Å². The first-order chi connectivity index (χ1) is 14.4. The van der Waals surface area contributed by atoms with Gasteiger partial charge in [-0.3, -0.25) is 9.59 Å². The number of ketones is 2. The first-order valence-electron chi connectivity index (χ1n) is 9.88. The number of carbonyl (C=O) groups excluding carboxylic acids is 3. The first kappa shape index (κ1) is 21.8. The Balaban J connectivity index is 2.00. The Morgan fingerprint density at radius 1 is 1.17 bits per heavy atom. The number of Topliss-reactive ketones (excluding diaryl/α,β-unsaturated/α-hetero) is 1. The zero-order valence-electron chi connectivity index (χ0n) is 17.7. The molecule has 1 aromatic rings. The molecule has 0 amide bonds. The van der Waals surface area contributed by atoms with Crippen LogP contribution in [0.4, 0.5) is 0 Å². The highest BCUT2D eigenvalue weighted by atomic mass is 16.6. The molecule has 1 heterocycles. The lowest BCUT2D eigenvalue weighted by Crippen LogP contribution is -2.33. The number of ether oxygens (including phenoxy) is 4. The Kier molecular flexibility index (Phi) is 6.72. The summed E-state index contributed by atoms with van der Waals surface area (Å²) in [6, 6.07) is 3.16. The van der Waals surface area contributed by atoms with Gasteiger partial charge in [0.1, 0.15) is 17.6 Å². The summed E-state index contributed by atoms with van der Waals surface area (Å²) in [4.78, 5) is 38.9. The highest BCUT2D eigenvalue weighted by Gasteiger charge is 2.37. The summed E-state index contributed by atoms with van der Waals surface area (Å²) in [5.41, 5.74) is 1.39. The van der Waals surface area contributed by atoms with Crippen LogP contribution in [-0.2, 0) is 14.3 Å². The summed E-state index contributed by atoms with van der Waals surface area (Å²) in [6.45, 7) is 4.32. The molecule has 0 bridgehead atoms. The van der Waals surface area contributed by atoms with E-state index in [1.165, 1.54) is 20.3 Å². The van der Waals surface area contributed by atoms with Crippen LogP contribution in [0.3, 0.4) is 0 Å². The second-order valence-electron chi connectivity index (χ2n) is 7.46. The molecule has 3 rings (SSSR count). The van der Waals surface area contributed by atoms with E-state index >= 15 is 0 Å². The minimum absolute atomic E-state index is 0.114. The van der Waals surface area contributed by atoms with Crippen LogP contribution in [0.1, 0.15) is 53.8 Å². The van der Waals surface area contributed by atoms with E-state index in [0.29, 0.717) is 13.0 Å². The van der Waals surface area contributed by atoms with Gasteiger partial charge in [-0.05, 0) is 44.9 Å². The number of carbonyl (C=O) groups is 3. The van der Waals surface area contributed by atoms with Crippen molar-refractivity contribution in [2.75, 3.05) is 20.8 Å². The Morgan fingerprint density at radius 3 is 2.40 bits per heavy atom. The van der Waals surface area contributed by atoms with Crippen LogP contribution >= 0.6 is 0 Å². The predicted octanol–water partition coefficient (Wildman–Crippen LogP) is 3.46. The van der Waals surface area contributed by atoms with Gasteiger partial charge in [-0.15, -0.1) is 0 Å². The van der Waals surface area contributed by atoms with Gasteiger partial charge in [-0.25, -0.2) is 4.79 Å². The third-order valence-electron chi connectivity index (χ3n) is 5.13. The van der Waals surface area contributed by atoms with Crippen molar-refractivity contribution in [2.24, 2.45) is 0 Å². The van der Waals surface area contributed by atoms with Crippen molar-refractivity contribution in [1.29, 1.82) is 0 Å². The van der Waals surface area contributed by atoms with Gasteiger partial charge < -0.3 is 18.9 Å². The third kappa shape index (κ3) is 4.31. The molecule has 0 radical (unpaired) electrons. The summed E-state index contributed by atoms with van der Waals surface area (Å²) < 4.78 is 21.7. The van der Waals surface area contributed by atoms with Gasteiger partial charge in [0.15, 0.2) is 17.7 Å². The molecule has 7 nitrogen and oxygen atoms in total. The number of methoxy groups -OCH3 is 2. The highest BCUT2D eigenvalue weighted by molar-refractivity contribution is 6.27. The van der Waals surface area contributed by atoms with E-state index in [-0.39, 0.29) is 34.6 Å². The Bertz CT molecular complexity index is 916. The van der Waals surface area contributed by atoms with E-state index in [0.717, 1.165) is 12.0 Å². The molecule has 2 atom stereocenters. The summed E-state index contributed by atoms with van der Waals surface area (Å²) in [7, 11) is 2.86. The van der Waals surface area contributed by atoms with Crippen molar-refractivity contribution in [3.63, 3.8) is 0 Å². The molecule has 1 aromatic carbocycles. The van der Waals surface area contributed by atoms with E-state index in [4.69, 9.17) is 18.9 Å². The molecule has 30 heavy (non-hydrogen) atoms. The fourth-order valence-electron chi connectivity index (χ4n) is 3.60. The molecular weight excluding hydrogens is 388 g/mol. The summed E-state index contributed by atoms with van der Waals surface area (Å²) in [5, 5.41) is 0. The van der Waals surface area contributed by atoms with E-state index in [2.05, 4.69) is 0 Å². The molecule has 160 valence electrons. The van der Waals surface area contributed by atoms with E-state index in [1.807, 2.05) is 19.9 Å². The molecule has 0 spiro atoms. The largest absolute Gasteiger partial charge is 0.496 e. The lowest BCUT2D eigenvalue weighted by Gasteiger charge is -2.25. The van der Waals surface area contributed by atoms with E-state index in [9.17, 15) is 14.4 Å². The monoisotopic (exact) mass is 414 g/mol. The van der Waals surface area contributed by atoms with Crippen LogP contribution in [0.25, 0.3) is 0 Å². The van der Waals surface area contributed by atoms with Crippen LogP contribution in [-0.4, -0.2) is 50.6 Å². The van der Waals surface area contributed by atoms with Crippen molar-refractivity contribution in [3.05, 3.63) is 46.6 Å². The zero-order valence-corrected chi connectivity index (χ0v) is 17.7. The highest BCUT2D eigenvalue weighted by Crippen LogP contribution is 2.37. The standard InChI is InChI=1S/C23H26O7/c1-13(2)7-8-16(30-23(26)19-6-5-11-29-19)14-12-15(24)20-17(27-3)9-10-18(28-4)21(20)22(14)25/h7,9-10,12,16,19H,5-6,8,11H2,1-4H3/t16-,19?/m1/s1. The molecule has 0 aromatic heterocycles. The van der Waals surface area contributed by atoms with Crippen LogP contribution in [0.15, 0.2) is 35.4 Å². The molecule has 1 saturated heterocycles. The maximum atomic E-state index is 13.4. The molecule has 1 fully saturated rings. The third-order valence-corrected chi connectivity index (χ3v) is 5.13. The van der Waals surface area contributed by atoms with Gasteiger partial charge in [0.25, 0.3) is 0 Å². The number of hydrogen-bond acceptors (Lipinski definition) is 7. The summed E-state index contributed by atoms with van der Waals surface area (Å²) >= 11 is 0. The quantitative estimate of drug-likeness (QED) is 0.499. The molecule has 0 N–H and O–H groups in total. The van der Waals surface area contributed by atoms with Crippen LogP contribution in [0.5, 0.6) is 11.5 Å². The average molecular weight is 414 g/mol.